The molecule has 4 aromatic rings. The van der Waals surface area contributed by atoms with E-state index in [1.807, 2.05) is 35.3 Å². The van der Waals surface area contributed by atoms with Gasteiger partial charge in [0.2, 0.25) is 5.16 Å². The zero-order valence-corrected chi connectivity index (χ0v) is 20.4. The van der Waals surface area contributed by atoms with Gasteiger partial charge in [-0.1, -0.05) is 23.9 Å². The molecule has 0 saturated heterocycles. The summed E-state index contributed by atoms with van der Waals surface area (Å²) < 4.78 is 29.0. The van der Waals surface area contributed by atoms with E-state index in [2.05, 4.69) is 15.5 Å². The predicted molar refractivity (Wildman–Crippen MR) is 129 cm³/mol. The van der Waals surface area contributed by atoms with Crippen LogP contribution in [-0.2, 0) is 17.0 Å². The molecule has 1 fully saturated rings. The number of hydrogen-bond donors (Lipinski definition) is 0. The Morgan fingerprint density at radius 3 is 2.66 bits per heavy atom. The molecule has 2 heterocycles. The lowest BCUT2D eigenvalue weighted by Crippen LogP contribution is -2.13. The molecule has 2 aromatic carbocycles. The zero-order valence-electron chi connectivity index (χ0n) is 19.5. The third kappa shape index (κ3) is 5.85. The van der Waals surface area contributed by atoms with Gasteiger partial charge in [-0.2, -0.15) is 5.10 Å². The van der Waals surface area contributed by atoms with E-state index in [-0.39, 0.29) is 11.9 Å². The highest BCUT2D eigenvalue weighted by Crippen LogP contribution is 2.37. The molecule has 35 heavy (non-hydrogen) atoms. The zero-order chi connectivity index (χ0) is 24.2. The van der Waals surface area contributed by atoms with Crippen molar-refractivity contribution in [3.8, 4) is 22.9 Å². The lowest BCUT2D eigenvalue weighted by molar-refractivity contribution is 0.0706. The van der Waals surface area contributed by atoms with E-state index in [1.54, 1.807) is 42.1 Å². The lowest BCUT2D eigenvalue weighted by atomic mass is 10.2. The molecule has 1 aliphatic carbocycles. The first kappa shape index (κ1) is 23.4. The van der Waals surface area contributed by atoms with Crippen molar-refractivity contribution in [2.24, 2.45) is 0 Å². The SMILES string of the molecule is CC(C)OCCn1nc(-c2ccc(Oc3ccccc3F)cc2)nc1CSc1nnnn1C1CC1. The summed E-state index contributed by atoms with van der Waals surface area (Å²) in [5.41, 5.74) is 0.837. The van der Waals surface area contributed by atoms with E-state index in [9.17, 15) is 4.39 Å². The lowest BCUT2D eigenvalue weighted by Gasteiger charge is -2.09. The van der Waals surface area contributed by atoms with Crippen LogP contribution >= 0.6 is 11.8 Å². The van der Waals surface area contributed by atoms with Gasteiger partial charge in [-0.25, -0.2) is 18.7 Å². The fourth-order valence-electron chi connectivity index (χ4n) is 3.44. The maximum absolute atomic E-state index is 13.9. The average Bonchev–Trinajstić information content (AvgIpc) is 3.45. The van der Waals surface area contributed by atoms with Gasteiger partial charge >= 0.3 is 0 Å². The number of nitrogens with zero attached hydrogens (tertiary/aromatic N) is 7. The molecule has 0 unspecified atom stereocenters. The van der Waals surface area contributed by atoms with E-state index < -0.39 is 5.82 Å². The van der Waals surface area contributed by atoms with Crippen molar-refractivity contribution in [1.82, 2.24) is 35.0 Å². The highest BCUT2D eigenvalue weighted by atomic mass is 32.2. The van der Waals surface area contributed by atoms with E-state index in [4.69, 9.17) is 19.6 Å². The smallest absolute Gasteiger partial charge is 0.210 e. The number of thioether (sulfide) groups is 1. The second-order valence-corrected chi connectivity index (χ2v) is 9.42. The van der Waals surface area contributed by atoms with Crippen molar-refractivity contribution in [3.63, 3.8) is 0 Å². The Labute approximate surface area is 206 Å². The summed E-state index contributed by atoms with van der Waals surface area (Å²) in [6.45, 7) is 5.13. The largest absolute Gasteiger partial charge is 0.454 e. The molecule has 2 aromatic heterocycles. The van der Waals surface area contributed by atoms with Crippen molar-refractivity contribution in [2.45, 2.75) is 56.3 Å². The van der Waals surface area contributed by atoms with E-state index in [1.165, 1.54) is 6.07 Å². The predicted octanol–water partition coefficient (Wildman–Crippen LogP) is 4.92. The summed E-state index contributed by atoms with van der Waals surface area (Å²) in [7, 11) is 0. The van der Waals surface area contributed by atoms with E-state index in [0.717, 1.165) is 29.4 Å². The molecule has 0 amide bonds. The quantitative estimate of drug-likeness (QED) is 0.271. The van der Waals surface area contributed by atoms with Gasteiger partial charge in [-0.15, -0.1) is 5.10 Å². The molecule has 182 valence electrons. The van der Waals surface area contributed by atoms with Gasteiger partial charge in [0.05, 0.1) is 31.1 Å². The van der Waals surface area contributed by atoms with Crippen LogP contribution in [0.25, 0.3) is 11.4 Å². The van der Waals surface area contributed by atoms with Crippen LogP contribution in [0, 0.1) is 5.82 Å². The third-order valence-electron chi connectivity index (χ3n) is 5.37. The van der Waals surface area contributed by atoms with Crippen LogP contribution in [0.1, 0.15) is 38.6 Å². The van der Waals surface area contributed by atoms with Gasteiger partial charge in [0.15, 0.2) is 17.4 Å². The molecule has 5 rings (SSSR count). The average molecular weight is 496 g/mol. The van der Waals surface area contributed by atoms with Gasteiger partial charge in [-0.05, 0) is 73.5 Å². The van der Waals surface area contributed by atoms with Gasteiger partial charge in [0, 0.05) is 5.56 Å². The summed E-state index contributed by atoms with van der Waals surface area (Å²) in [6, 6.07) is 14.0. The first-order chi connectivity index (χ1) is 17.1. The molecule has 0 N–H and O–H groups in total. The number of rotatable bonds is 11. The molecule has 0 radical (unpaired) electrons. The molecule has 1 aliphatic rings. The number of halogens is 1. The Balaban J connectivity index is 1.32. The summed E-state index contributed by atoms with van der Waals surface area (Å²) in [5.74, 6) is 2.30. The Morgan fingerprint density at radius 2 is 1.91 bits per heavy atom. The van der Waals surface area contributed by atoms with Crippen molar-refractivity contribution in [2.75, 3.05) is 6.61 Å². The maximum Gasteiger partial charge on any atom is 0.210 e. The molecule has 0 bridgehead atoms. The van der Waals surface area contributed by atoms with Crippen LogP contribution in [0.5, 0.6) is 11.5 Å². The molecule has 11 heteroatoms. The molecular weight excluding hydrogens is 469 g/mol. The molecule has 9 nitrogen and oxygen atoms in total. The van der Waals surface area contributed by atoms with Gasteiger partial charge in [0.1, 0.15) is 11.6 Å². The Morgan fingerprint density at radius 1 is 1.11 bits per heavy atom. The second kappa shape index (κ2) is 10.5. The van der Waals surface area contributed by atoms with Crippen LogP contribution in [0.4, 0.5) is 4.39 Å². The fraction of sp³-hybridized carbons (Fsp3) is 0.375. The van der Waals surface area contributed by atoms with Crippen molar-refractivity contribution < 1.29 is 13.9 Å². The standard InChI is InChI=1S/C24H26FN7O2S/c1-16(2)33-14-13-31-22(15-35-24-27-29-30-32(24)18-9-10-18)26-23(28-31)17-7-11-19(12-8-17)34-21-6-4-3-5-20(21)25/h3-8,11-12,16,18H,9-10,13-15H2,1-2H3. The van der Waals surface area contributed by atoms with Gasteiger partial charge < -0.3 is 9.47 Å². The summed E-state index contributed by atoms with van der Waals surface area (Å²) in [5, 5.41) is 17.6. The molecular formula is C24H26FN7O2S. The Hall–Kier alpha value is -3.31. The third-order valence-corrected chi connectivity index (χ3v) is 6.29. The minimum absolute atomic E-state index is 0.140. The minimum atomic E-state index is -0.407. The van der Waals surface area contributed by atoms with Crippen LogP contribution in [0.15, 0.2) is 53.7 Å². The minimum Gasteiger partial charge on any atom is -0.454 e. The molecule has 0 atom stereocenters. The fourth-order valence-corrected chi connectivity index (χ4v) is 4.33. The number of tetrazole rings is 1. The topological polar surface area (TPSA) is 92.8 Å². The first-order valence-corrected chi connectivity index (χ1v) is 12.5. The van der Waals surface area contributed by atoms with Crippen LogP contribution in [0.3, 0.4) is 0 Å². The van der Waals surface area contributed by atoms with E-state index >= 15 is 0 Å². The number of benzene rings is 2. The Kier molecular flexibility index (Phi) is 7.05. The number of hydrogen-bond acceptors (Lipinski definition) is 8. The van der Waals surface area contributed by atoms with Gasteiger partial charge in [-0.3, -0.25) is 0 Å². The Bertz CT molecular complexity index is 1270. The maximum atomic E-state index is 13.9. The summed E-state index contributed by atoms with van der Waals surface area (Å²) in [6.07, 6.45) is 2.37. The molecule has 1 saturated carbocycles. The highest BCUT2D eigenvalue weighted by molar-refractivity contribution is 7.98. The molecule has 0 aliphatic heterocycles. The number of aromatic nitrogens is 7. The summed E-state index contributed by atoms with van der Waals surface area (Å²) >= 11 is 1.55. The van der Waals surface area contributed by atoms with Crippen LogP contribution < -0.4 is 4.74 Å². The normalized spacial score (nSPS) is 13.5. The monoisotopic (exact) mass is 495 g/mol. The highest BCUT2D eigenvalue weighted by Gasteiger charge is 2.28. The van der Waals surface area contributed by atoms with Crippen molar-refractivity contribution in [3.05, 3.63) is 60.2 Å². The number of para-hydroxylation sites is 1. The van der Waals surface area contributed by atoms with Crippen LogP contribution in [0.2, 0.25) is 0 Å². The first-order valence-electron chi connectivity index (χ1n) is 11.6. The summed E-state index contributed by atoms with van der Waals surface area (Å²) in [4.78, 5) is 4.79. The van der Waals surface area contributed by atoms with Crippen molar-refractivity contribution in [1.29, 1.82) is 0 Å². The van der Waals surface area contributed by atoms with Gasteiger partial charge in [0.25, 0.3) is 0 Å². The molecule has 0 spiro atoms. The number of ether oxygens (including phenoxy) is 2. The van der Waals surface area contributed by atoms with Crippen molar-refractivity contribution >= 4 is 11.8 Å². The second-order valence-electron chi connectivity index (χ2n) is 8.48. The van der Waals surface area contributed by atoms with Crippen LogP contribution in [-0.4, -0.2) is 47.7 Å². The van der Waals surface area contributed by atoms with E-state index in [0.29, 0.717) is 36.5 Å².